The molecule has 6 nitrogen and oxygen atoms in total. The zero-order valence-corrected chi connectivity index (χ0v) is 18.8. The average molecular weight is 473 g/mol. The van der Waals surface area contributed by atoms with Gasteiger partial charge < -0.3 is 14.8 Å². The third-order valence-electron chi connectivity index (χ3n) is 4.31. The van der Waals surface area contributed by atoms with Gasteiger partial charge in [-0.15, -0.1) is 11.3 Å². The molecule has 3 rings (SSSR count). The molecule has 2 aromatic rings. The normalized spacial score (nSPS) is 12.3. The van der Waals surface area contributed by atoms with Crippen LogP contribution >= 0.6 is 46.8 Å². The number of thiophene rings is 1. The van der Waals surface area contributed by atoms with E-state index in [4.69, 9.17) is 44.9 Å². The molecule has 1 aliphatic carbocycles. The molecule has 0 spiro atoms. The molecule has 1 aliphatic rings. The standard InChI is InChI=1S/C19H18Cl2N2O4S2/c1-3-27-18(25)14-10-5-4-6-13(10)29-17(14)23-19(28)22-16(24)11-7-9(20)8-12(21)15(11)26-2/h7-8H,3-6H2,1-2H3,(H2,22,23,24,28). The number of hydrogen-bond acceptors (Lipinski definition) is 6. The fourth-order valence-corrected chi connectivity index (χ4v) is 5.26. The maximum absolute atomic E-state index is 12.7. The molecule has 0 fully saturated rings. The molecular weight excluding hydrogens is 455 g/mol. The molecule has 0 aliphatic heterocycles. The highest BCUT2D eigenvalue weighted by Crippen LogP contribution is 2.39. The molecule has 0 bridgehead atoms. The Hall–Kier alpha value is -1.87. The van der Waals surface area contributed by atoms with Gasteiger partial charge in [-0.1, -0.05) is 23.2 Å². The fraction of sp³-hybridized carbons (Fsp3) is 0.316. The summed E-state index contributed by atoms with van der Waals surface area (Å²) in [4.78, 5) is 26.2. The monoisotopic (exact) mass is 472 g/mol. The number of hydrogen-bond donors (Lipinski definition) is 2. The van der Waals surface area contributed by atoms with Crippen LogP contribution in [-0.2, 0) is 17.6 Å². The van der Waals surface area contributed by atoms with Gasteiger partial charge in [0, 0.05) is 9.90 Å². The van der Waals surface area contributed by atoms with E-state index >= 15 is 0 Å². The number of methoxy groups -OCH3 is 1. The Kier molecular flexibility index (Phi) is 7.00. The highest BCUT2D eigenvalue weighted by molar-refractivity contribution is 7.80. The molecule has 0 saturated carbocycles. The van der Waals surface area contributed by atoms with E-state index in [9.17, 15) is 9.59 Å². The lowest BCUT2D eigenvalue weighted by Crippen LogP contribution is -2.34. The lowest BCUT2D eigenvalue weighted by molar-refractivity contribution is 0.0527. The van der Waals surface area contributed by atoms with Crippen LogP contribution in [0.25, 0.3) is 0 Å². The summed E-state index contributed by atoms with van der Waals surface area (Å²) >= 11 is 18.8. The third kappa shape index (κ3) is 4.66. The number of aryl methyl sites for hydroxylation is 1. The lowest BCUT2D eigenvalue weighted by Gasteiger charge is -2.13. The molecule has 1 amide bonds. The predicted molar refractivity (Wildman–Crippen MR) is 119 cm³/mol. The number of ether oxygens (including phenoxy) is 2. The minimum atomic E-state index is -0.537. The number of carbonyl (C=O) groups excluding carboxylic acids is 2. The summed E-state index contributed by atoms with van der Waals surface area (Å²) in [5.41, 5.74) is 1.63. The first kappa shape index (κ1) is 21.8. The van der Waals surface area contributed by atoms with E-state index in [-0.39, 0.29) is 28.1 Å². The molecule has 1 heterocycles. The second-order valence-electron chi connectivity index (χ2n) is 6.16. The van der Waals surface area contributed by atoms with E-state index in [1.54, 1.807) is 6.92 Å². The molecule has 1 aromatic heterocycles. The summed E-state index contributed by atoms with van der Waals surface area (Å²) in [5.74, 6) is -0.740. The van der Waals surface area contributed by atoms with Gasteiger partial charge in [-0.05, 0) is 56.1 Å². The number of thiocarbonyl (C=S) groups is 1. The molecule has 2 N–H and O–H groups in total. The summed E-state index contributed by atoms with van der Waals surface area (Å²) in [6.07, 6.45) is 2.73. The zero-order valence-electron chi connectivity index (χ0n) is 15.7. The van der Waals surface area contributed by atoms with Crippen LogP contribution < -0.4 is 15.4 Å². The molecule has 1 aromatic carbocycles. The number of nitrogens with one attached hydrogen (secondary N) is 2. The number of benzene rings is 1. The van der Waals surface area contributed by atoms with E-state index < -0.39 is 11.9 Å². The summed E-state index contributed by atoms with van der Waals surface area (Å²) < 4.78 is 10.4. The first-order valence-electron chi connectivity index (χ1n) is 8.82. The van der Waals surface area contributed by atoms with Crippen LogP contribution in [0.5, 0.6) is 5.75 Å². The number of carbonyl (C=O) groups is 2. The van der Waals surface area contributed by atoms with Crippen molar-refractivity contribution < 1.29 is 19.1 Å². The van der Waals surface area contributed by atoms with Crippen molar-refractivity contribution in [2.24, 2.45) is 0 Å². The number of anilines is 1. The molecule has 154 valence electrons. The van der Waals surface area contributed by atoms with Gasteiger partial charge in [0.15, 0.2) is 5.11 Å². The van der Waals surface area contributed by atoms with Crippen molar-refractivity contribution in [3.05, 3.63) is 43.7 Å². The van der Waals surface area contributed by atoms with Gasteiger partial charge >= 0.3 is 5.97 Å². The van der Waals surface area contributed by atoms with Crippen LogP contribution in [0.3, 0.4) is 0 Å². The van der Waals surface area contributed by atoms with Crippen molar-refractivity contribution in [1.82, 2.24) is 5.32 Å². The first-order chi connectivity index (χ1) is 13.8. The van der Waals surface area contributed by atoms with Gasteiger partial charge in [0.25, 0.3) is 5.91 Å². The Morgan fingerprint density at radius 2 is 2.03 bits per heavy atom. The van der Waals surface area contributed by atoms with Gasteiger partial charge in [0.05, 0.1) is 29.9 Å². The Labute approximate surface area is 187 Å². The Bertz CT molecular complexity index is 991. The van der Waals surface area contributed by atoms with Crippen molar-refractivity contribution in [2.45, 2.75) is 26.2 Å². The first-order valence-corrected chi connectivity index (χ1v) is 10.8. The van der Waals surface area contributed by atoms with Crippen molar-refractivity contribution in [3.8, 4) is 5.75 Å². The second-order valence-corrected chi connectivity index (χ2v) is 8.52. The molecule has 0 radical (unpaired) electrons. The molecule has 0 unspecified atom stereocenters. The van der Waals surface area contributed by atoms with Crippen LogP contribution in [0.4, 0.5) is 5.00 Å². The molecule has 29 heavy (non-hydrogen) atoms. The second kappa shape index (κ2) is 9.30. The molecule has 0 atom stereocenters. The van der Waals surface area contributed by atoms with Gasteiger partial charge in [-0.2, -0.15) is 0 Å². The van der Waals surface area contributed by atoms with Crippen molar-refractivity contribution in [1.29, 1.82) is 0 Å². The average Bonchev–Trinajstić information content (AvgIpc) is 3.21. The van der Waals surface area contributed by atoms with Crippen LogP contribution in [-0.4, -0.2) is 30.7 Å². The quantitative estimate of drug-likeness (QED) is 0.478. The number of amides is 1. The lowest BCUT2D eigenvalue weighted by atomic mass is 10.1. The fourth-order valence-electron chi connectivity index (χ4n) is 3.15. The minimum absolute atomic E-state index is 0.0404. The maximum Gasteiger partial charge on any atom is 0.341 e. The summed E-state index contributed by atoms with van der Waals surface area (Å²) in [6.45, 7) is 2.03. The largest absolute Gasteiger partial charge is 0.494 e. The number of fused-ring (bicyclic) bond motifs is 1. The highest BCUT2D eigenvalue weighted by Gasteiger charge is 2.28. The van der Waals surface area contributed by atoms with Crippen molar-refractivity contribution >= 4 is 68.7 Å². The van der Waals surface area contributed by atoms with E-state index in [0.29, 0.717) is 15.6 Å². The Balaban J connectivity index is 1.80. The van der Waals surface area contributed by atoms with Crippen molar-refractivity contribution in [3.63, 3.8) is 0 Å². The summed E-state index contributed by atoms with van der Waals surface area (Å²) in [6, 6.07) is 2.92. The van der Waals surface area contributed by atoms with E-state index in [1.165, 1.54) is 30.6 Å². The van der Waals surface area contributed by atoms with E-state index in [0.717, 1.165) is 29.7 Å². The van der Waals surface area contributed by atoms with Crippen molar-refractivity contribution in [2.75, 3.05) is 19.0 Å². The van der Waals surface area contributed by atoms with Gasteiger partial charge in [-0.25, -0.2) is 4.79 Å². The zero-order chi connectivity index (χ0) is 21.1. The van der Waals surface area contributed by atoms with Gasteiger partial charge in [0.1, 0.15) is 10.8 Å². The van der Waals surface area contributed by atoms with Crippen LogP contribution in [0.15, 0.2) is 12.1 Å². The van der Waals surface area contributed by atoms with Crippen LogP contribution in [0.1, 0.15) is 44.5 Å². The van der Waals surface area contributed by atoms with Gasteiger partial charge in [0.2, 0.25) is 0 Å². The maximum atomic E-state index is 12.7. The number of halogens is 2. The Morgan fingerprint density at radius 1 is 1.28 bits per heavy atom. The summed E-state index contributed by atoms with van der Waals surface area (Å²) in [7, 11) is 1.40. The Morgan fingerprint density at radius 3 is 2.72 bits per heavy atom. The molecular formula is C19H18Cl2N2O4S2. The molecule has 0 saturated heterocycles. The summed E-state index contributed by atoms with van der Waals surface area (Å²) in [5, 5.41) is 6.64. The predicted octanol–water partition coefficient (Wildman–Crippen LogP) is 4.86. The van der Waals surface area contributed by atoms with E-state index in [2.05, 4.69) is 10.6 Å². The molecule has 10 heteroatoms. The minimum Gasteiger partial charge on any atom is -0.494 e. The van der Waals surface area contributed by atoms with E-state index in [1.807, 2.05) is 0 Å². The smallest absolute Gasteiger partial charge is 0.341 e. The van der Waals surface area contributed by atoms with Crippen LogP contribution in [0.2, 0.25) is 10.0 Å². The van der Waals surface area contributed by atoms with Crippen LogP contribution in [0, 0.1) is 0 Å². The number of rotatable bonds is 5. The van der Waals surface area contributed by atoms with Gasteiger partial charge in [-0.3, -0.25) is 10.1 Å². The highest BCUT2D eigenvalue weighted by atomic mass is 35.5. The number of esters is 1. The SMILES string of the molecule is CCOC(=O)c1c(NC(=S)NC(=O)c2cc(Cl)cc(Cl)c2OC)sc2c1CCC2. The topological polar surface area (TPSA) is 76.7 Å². The third-order valence-corrected chi connectivity index (χ3v) is 6.22.